The van der Waals surface area contributed by atoms with Crippen LogP contribution in [-0.2, 0) is 11.4 Å². The number of imide groups is 1. The van der Waals surface area contributed by atoms with Gasteiger partial charge in [-0.3, -0.25) is 14.5 Å². The fraction of sp³-hybridized carbons (Fsp3) is 0.200. The molecule has 0 aliphatic carbocycles. The first-order valence-electron chi connectivity index (χ1n) is 8.16. The third kappa shape index (κ3) is 4.47. The zero-order valence-corrected chi connectivity index (χ0v) is 18.1. The monoisotopic (exact) mass is 495 g/mol. The molecule has 0 unspecified atom stereocenters. The summed E-state index contributed by atoms with van der Waals surface area (Å²) >= 11 is 3.11. The van der Waals surface area contributed by atoms with Crippen LogP contribution in [0.1, 0.15) is 16.7 Å². The normalized spacial score (nSPS) is 15.6. The average molecular weight is 495 g/mol. The van der Waals surface area contributed by atoms with Crippen LogP contribution in [-0.4, -0.2) is 30.2 Å². The predicted octanol–water partition coefficient (Wildman–Crippen LogP) is 4.85. The molecule has 1 fully saturated rings. The lowest BCUT2D eigenvalue weighted by Gasteiger charge is -2.14. The summed E-state index contributed by atoms with van der Waals surface area (Å²) in [4.78, 5) is 25.2. The number of carbonyl (C=O) groups is 2. The Hall–Kier alpha value is -2.00. The predicted molar refractivity (Wildman–Crippen MR) is 115 cm³/mol. The van der Waals surface area contributed by atoms with E-state index in [1.165, 1.54) is 12.6 Å². The van der Waals surface area contributed by atoms with Crippen molar-refractivity contribution in [1.29, 1.82) is 0 Å². The highest BCUT2D eigenvalue weighted by Gasteiger charge is 2.31. The number of carbonyl (C=O) groups excluding carboxylic acids is 2. The molecule has 0 radical (unpaired) electrons. The first kappa shape index (κ1) is 19.8. The van der Waals surface area contributed by atoms with Gasteiger partial charge in [-0.1, -0.05) is 29.8 Å². The Morgan fingerprint density at radius 1 is 1.19 bits per heavy atom. The van der Waals surface area contributed by atoms with Crippen molar-refractivity contribution in [3.05, 3.63) is 61.6 Å². The molecule has 0 bridgehead atoms. The number of thioether (sulfide) groups is 1. The lowest BCUT2D eigenvalue weighted by molar-refractivity contribution is -0.121. The van der Waals surface area contributed by atoms with Gasteiger partial charge in [0.05, 0.1) is 15.6 Å². The van der Waals surface area contributed by atoms with Crippen LogP contribution in [0.4, 0.5) is 4.79 Å². The summed E-state index contributed by atoms with van der Waals surface area (Å²) in [6.45, 7) is 2.48. The molecule has 2 aromatic carbocycles. The Morgan fingerprint density at radius 3 is 2.48 bits per heavy atom. The van der Waals surface area contributed by atoms with Crippen LogP contribution in [0.3, 0.4) is 0 Å². The second-order valence-electron chi connectivity index (χ2n) is 6.05. The van der Waals surface area contributed by atoms with Crippen molar-refractivity contribution in [1.82, 2.24) is 4.90 Å². The summed E-state index contributed by atoms with van der Waals surface area (Å²) in [5.41, 5.74) is 3.05. The number of hydrogen-bond donors (Lipinski definition) is 0. The van der Waals surface area contributed by atoms with Gasteiger partial charge in [-0.15, -0.1) is 0 Å². The minimum Gasteiger partial charge on any atom is -0.493 e. The number of nitrogens with zero attached hydrogens (tertiary/aromatic N) is 1. The third-order valence-corrected chi connectivity index (χ3v) is 5.80. The van der Waals surface area contributed by atoms with E-state index in [0.717, 1.165) is 31.4 Å². The average Bonchev–Trinajstić information content (AvgIpc) is 2.88. The van der Waals surface area contributed by atoms with E-state index in [1.54, 1.807) is 19.3 Å². The third-order valence-electron chi connectivity index (χ3n) is 4.04. The molecular weight excluding hydrogens is 477 g/mol. The molecule has 5 nitrogen and oxygen atoms in total. The van der Waals surface area contributed by atoms with Gasteiger partial charge in [-0.25, -0.2) is 0 Å². The molecule has 0 spiro atoms. The molecule has 1 saturated heterocycles. The van der Waals surface area contributed by atoms with Gasteiger partial charge in [-0.05, 0) is 70.6 Å². The van der Waals surface area contributed by atoms with Crippen LogP contribution < -0.4 is 9.47 Å². The van der Waals surface area contributed by atoms with E-state index < -0.39 is 0 Å². The summed E-state index contributed by atoms with van der Waals surface area (Å²) in [6.07, 6.45) is 1.70. The highest BCUT2D eigenvalue weighted by atomic mass is 127. The van der Waals surface area contributed by atoms with Gasteiger partial charge < -0.3 is 9.47 Å². The van der Waals surface area contributed by atoms with Gasteiger partial charge in [0.2, 0.25) is 0 Å². The van der Waals surface area contributed by atoms with E-state index in [2.05, 4.69) is 22.6 Å². The van der Waals surface area contributed by atoms with Crippen molar-refractivity contribution in [2.75, 3.05) is 14.2 Å². The first-order valence-corrected chi connectivity index (χ1v) is 10.1. The van der Waals surface area contributed by atoms with Crippen molar-refractivity contribution in [3.63, 3.8) is 0 Å². The van der Waals surface area contributed by atoms with Crippen molar-refractivity contribution >= 4 is 51.6 Å². The number of rotatable bonds is 5. The number of halogens is 1. The SMILES string of the molecule is COc1cc(/C=C2\SC(=O)N(C)C2=O)cc(I)c1OCc1ccc(C)cc1. The number of ether oxygens (including phenoxy) is 2. The van der Waals surface area contributed by atoms with Crippen LogP contribution in [0.2, 0.25) is 0 Å². The summed E-state index contributed by atoms with van der Waals surface area (Å²) < 4.78 is 12.3. The topological polar surface area (TPSA) is 55.8 Å². The standard InChI is InChI=1S/C20H18INO4S/c1-12-4-6-13(7-5-12)11-26-18-15(21)8-14(9-16(18)25-3)10-17-19(23)22(2)20(24)27-17/h4-10H,11H2,1-3H3/b17-10-. The highest BCUT2D eigenvalue weighted by molar-refractivity contribution is 14.1. The van der Waals surface area contributed by atoms with Crippen LogP contribution in [0.5, 0.6) is 11.5 Å². The van der Waals surface area contributed by atoms with Crippen molar-refractivity contribution < 1.29 is 19.1 Å². The van der Waals surface area contributed by atoms with Crippen LogP contribution in [0, 0.1) is 10.5 Å². The first-order chi connectivity index (χ1) is 12.9. The maximum absolute atomic E-state index is 12.1. The summed E-state index contributed by atoms with van der Waals surface area (Å²) in [5, 5.41) is -0.272. The maximum Gasteiger partial charge on any atom is 0.293 e. The maximum atomic E-state index is 12.1. The zero-order chi connectivity index (χ0) is 19.6. The van der Waals surface area contributed by atoms with Crippen molar-refractivity contribution in [2.24, 2.45) is 0 Å². The van der Waals surface area contributed by atoms with E-state index in [4.69, 9.17) is 9.47 Å². The number of aryl methyl sites for hydroxylation is 1. The molecule has 0 aromatic heterocycles. The van der Waals surface area contributed by atoms with E-state index in [9.17, 15) is 9.59 Å². The van der Waals surface area contributed by atoms with Gasteiger partial charge in [0, 0.05) is 7.05 Å². The molecule has 1 aliphatic heterocycles. The number of likely N-dealkylation sites (N-methyl/N-ethyl adjacent to an activating group) is 1. The van der Waals surface area contributed by atoms with E-state index in [-0.39, 0.29) is 11.1 Å². The quantitative estimate of drug-likeness (QED) is 0.439. The lowest BCUT2D eigenvalue weighted by atomic mass is 10.1. The van der Waals surface area contributed by atoms with Gasteiger partial charge in [0.1, 0.15) is 6.61 Å². The van der Waals surface area contributed by atoms with Crippen LogP contribution >= 0.6 is 34.4 Å². The molecule has 1 heterocycles. The Bertz CT molecular complexity index is 924. The fourth-order valence-electron chi connectivity index (χ4n) is 2.50. The molecule has 140 valence electrons. The zero-order valence-electron chi connectivity index (χ0n) is 15.1. The minimum atomic E-state index is -0.293. The molecule has 2 aromatic rings. The van der Waals surface area contributed by atoms with Gasteiger partial charge in [0.15, 0.2) is 11.5 Å². The smallest absolute Gasteiger partial charge is 0.293 e. The highest BCUT2D eigenvalue weighted by Crippen LogP contribution is 2.37. The Balaban J connectivity index is 1.84. The molecule has 1 aliphatic rings. The minimum absolute atomic E-state index is 0.272. The fourth-order valence-corrected chi connectivity index (χ4v) is 4.11. The number of methoxy groups -OCH3 is 1. The summed E-state index contributed by atoms with van der Waals surface area (Å²) in [7, 11) is 3.05. The molecule has 3 rings (SSSR count). The van der Waals surface area contributed by atoms with Crippen LogP contribution in [0.15, 0.2) is 41.3 Å². The number of benzene rings is 2. The summed E-state index contributed by atoms with van der Waals surface area (Å²) in [6, 6.07) is 11.9. The van der Waals surface area contributed by atoms with Crippen LogP contribution in [0.25, 0.3) is 6.08 Å². The van der Waals surface area contributed by atoms with Gasteiger partial charge in [-0.2, -0.15) is 0 Å². The number of amides is 2. The second kappa shape index (κ2) is 8.35. The van der Waals surface area contributed by atoms with Gasteiger partial charge >= 0.3 is 0 Å². The molecule has 2 amide bonds. The van der Waals surface area contributed by atoms with E-state index >= 15 is 0 Å². The van der Waals surface area contributed by atoms with Crippen molar-refractivity contribution in [3.8, 4) is 11.5 Å². The largest absolute Gasteiger partial charge is 0.493 e. The molecule has 0 atom stereocenters. The number of hydrogen-bond acceptors (Lipinski definition) is 5. The van der Waals surface area contributed by atoms with Gasteiger partial charge in [0.25, 0.3) is 11.1 Å². The molecule has 27 heavy (non-hydrogen) atoms. The second-order valence-corrected chi connectivity index (χ2v) is 8.20. The summed E-state index contributed by atoms with van der Waals surface area (Å²) in [5.74, 6) is 0.939. The van der Waals surface area contributed by atoms with E-state index in [0.29, 0.717) is 23.0 Å². The molecule has 0 saturated carbocycles. The molecule has 7 heteroatoms. The molecular formula is C20H18INO4S. The Kier molecular flexibility index (Phi) is 6.11. The van der Waals surface area contributed by atoms with E-state index in [1.807, 2.05) is 37.3 Å². The lowest BCUT2D eigenvalue weighted by Crippen LogP contribution is -2.22. The van der Waals surface area contributed by atoms with Crippen molar-refractivity contribution in [2.45, 2.75) is 13.5 Å². The molecule has 0 N–H and O–H groups in total. The Morgan fingerprint density at radius 2 is 1.89 bits per heavy atom. The Labute approximate surface area is 175 Å².